The molecule has 3 nitrogen and oxygen atoms in total. The highest BCUT2D eigenvalue weighted by Gasteiger charge is 2.39. The number of hydrogen-bond donors (Lipinski definition) is 0. The average molecular weight is 244 g/mol. The summed E-state index contributed by atoms with van der Waals surface area (Å²) in [7, 11) is 0. The second kappa shape index (κ2) is 3.65. The molecule has 0 fully saturated rings. The molecule has 0 saturated carbocycles. The molecule has 8 heteroatoms. The molecule has 0 bridgehead atoms. The van der Waals surface area contributed by atoms with Gasteiger partial charge in [0.15, 0.2) is 0 Å². The maximum atomic E-state index is 13.0. The van der Waals surface area contributed by atoms with Gasteiger partial charge in [-0.1, -0.05) is 11.6 Å². The minimum absolute atomic E-state index is 0.576. The zero-order valence-electron chi connectivity index (χ0n) is 6.81. The summed E-state index contributed by atoms with van der Waals surface area (Å²) in [4.78, 5) is 8.92. The van der Waals surface area contributed by atoms with Crippen molar-refractivity contribution in [1.29, 1.82) is 0 Å². The summed E-state index contributed by atoms with van der Waals surface area (Å²) < 4.78 is 49.7. The number of nitro benzene ring substituents is 1. The summed E-state index contributed by atoms with van der Waals surface area (Å²) in [6, 6.07) is 1.21. The van der Waals surface area contributed by atoms with Crippen LogP contribution in [0.1, 0.15) is 5.56 Å². The molecule has 0 aromatic heterocycles. The van der Waals surface area contributed by atoms with Crippen molar-refractivity contribution in [1.82, 2.24) is 0 Å². The predicted octanol–water partition coefficient (Wildman–Crippen LogP) is 3.41. The fraction of sp³-hybridized carbons (Fsp3) is 0.143. The zero-order valence-corrected chi connectivity index (χ0v) is 7.56. The number of alkyl halides is 3. The van der Waals surface area contributed by atoms with Gasteiger partial charge in [0.25, 0.3) is 0 Å². The first-order valence-corrected chi connectivity index (χ1v) is 3.82. The Morgan fingerprint density at radius 1 is 1.33 bits per heavy atom. The fourth-order valence-corrected chi connectivity index (χ4v) is 1.20. The van der Waals surface area contributed by atoms with Crippen molar-refractivity contribution in [2.75, 3.05) is 0 Å². The van der Waals surface area contributed by atoms with Crippen LogP contribution in [0.2, 0.25) is 5.02 Å². The Hall–Kier alpha value is -1.37. The van der Waals surface area contributed by atoms with Gasteiger partial charge in [-0.25, -0.2) is 0 Å². The van der Waals surface area contributed by atoms with Crippen LogP contribution < -0.4 is 0 Å². The molecule has 82 valence electrons. The van der Waals surface area contributed by atoms with E-state index in [-0.39, 0.29) is 0 Å². The first-order chi connectivity index (χ1) is 6.75. The fourth-order valence-electron chi connectivity index (χ4n) is 0.942. The molecular weight excluding hydrogens is 242 g/mol. The molecule has 0 unspecified atom stereocenters. The van der Waals surface area contributed by atoms with Crippen molar-refractivity contribution in [2.24, 2.45) is 0 Å². The van der Waals surface area contributed by atoms with E-state index in [2.05, 4.69) is 0 Å². The molecule has 0 atom stereocenters. The third-order valence-corrected chi connectivity index (χ3v) is 1.87. The number of hydrogen-bond acceptors (Lipinski definition) is 2. The third-order valence-electron chi connectivity index (χ3n) is 1.55. The summed E-state index contributed by atoms with van der Waals surface area (Å²) in [5.74, 6) is -1.97. The van der Waals surface area contributed by atoms with Crippen molar-refractivity contribution >= 4 is 17.3 Å². The van der Waals surface area contributed by atoms with Gasteiger partial charge in [-0.05, 0) is 6.07 Å². The van der Waals surface area contributed by atoms with Crippen LogP contribution in [0.3, 0.4) is 0 Å². The Bertz CT molecular complexity index is 418. The van der Waals surface area contributed by atoms with E-state index in [1.807, 2.05) is 0 Å². The lowest BCUT2D eigenvalue weighted by Crippen LogP contribution is -2.10. The Balaban J connectivity index is 3.51. The lowest BCUT2D eigenvalue weighted by atomic mass is 10.2. The summed E-state index contributed by atoms with van der Waals surface area (Å²) in [6.45, 7) is 0. The Kier molecular flexibility index (Phi) is 2.85. The molecule has 0 aliphatic rings. The van der Waals surface area contributed by atoms with Crippen molar-refractivity contribution in [3.63, 3.8) is 0 Å². The highest BCUT2D eigenvalue weighted by Crippen LogP contribution is 2.39. The Morgan fingerprint density at radius 2 is 1.87 bits per heavy atom. The molecule has 0 aliphatic heterocycles. The number of benzene rings is 1. The van der Waals surface area contributed by atoms with Gasteiger partial charge in [0.2, 0.25) is 5.82 Å². The van der Waals surface area contributed by atoms with E-state index < -0.39 is 33.2 Å². The van der Waals surface area contributed by atoms with Crippen LogP contribution in [0.4, 0.5) is 23.2 Å². The van der Waals surface area contributed by atoms with Crippen molar-refractivity contribution < 1.29 is 22.5 Å². The maximum absolute atomic E-state index is 13.0. The number of nitro groups is 1. The first-order valence-electron chi connectivity index (χ1n) is 3.44. The van der Waals surface area contributed by atoms with Gasteiger partial charge < -0.3 is 0 Å². The van der Waals surface area contributed by atoms with Gasteiger partial charge in [-0.15, -0.1) is 0 Å². The number of halogens is 5. The molecule has 15 heavy (non-hydrogen) atoms. The zero-order chi connectivity index (χ0) is 11.8. The minimum Gasteiger partial charge on any atom is -0.258 e. The van der Waals surface area contributed by atoms with Gasteiger partial charge in [0.05, 0.1) is 9.95 Å². The molecule has 1 rings (SSSR count). The Morgan fingerprint density at radius 3 is 2.27 bits per heavy atom. The van der Waals surface area contributed by atoms with Crippen LogP contribution in [0.25, 0.3) is 0 Å². The standard InChI is InChI=1S/C7H2ClF4NO2/c8-3-1-2-4(13(14)15)6(9)5(3)7(10,11)12/h1-2H. The normalized spacial score (nSPS) is 11.5. The van der Waals surface area contributed by atoms with Gasteiger partial charge in [0, 0.05) is 6.07 Å². The molecule has 0 amide bonds. The highest BCUT2D eigenvalue weighted by atomic mass is 35.5. The minimum atomic E-state index is -5.06. The molecule has 0 N–H and O–H groups in total. The second-order valence-electron chi connectivity index (χ2n) is 2.51. The smallest absolute Gasteiger partial charge is 0.258 e. The van der Waals surface area contributed by atoms with Crippen LogP contribution in [-0.2, 0) is 6.18 Å². The molecular formula is C7H2ClF4NO2. The number of rotatable bonds is 1. The molecule has 0 radical (unpaired) electrons. The Labute approximate surface area is 85.4 Å². The molecule has 1 aromatic carbocycles. The van der Waals surface area contributed by atoms with Crippen molar-refractivity contribution in [2.45, 2.75) is 6.18 Å². The van der Waals surface area contributed by atoms with E-state index in [9.17, 15) is 27.7 Å². The molecule has 1 aromatic rings. The van der Waals surface area contributed by atoms with E-state index >= 15 is 0 Å². The lowest BCUT2D eigenvalue weighted by Gasteiger charge is -2.09. The van der Waals surface area contributed by atoms with Crippen LogP contribution in [0, 0.1) is 15.9 Å². The largest absolute Gasteiger partial charge is 0.420 e. The predicted molar refractivity (Wildman–Crippen MR) is 43.1 cm³/mol. The van der Waals surface area contributed by atoms with Gasteiger partial charge in [-0.3, -0.25) is 10.1 Å². The average Bonchev–Trinajstić information content (AvgIpc) is 2.00. The lowest BCUT2D eigenvalue weighted by molar-refractivity contribution is -0.387. The quantitative estimate of drug-likeness (QED) is 0.431. The van der Waals surface area contributed by atoms with Crippen LogP contribution in [0.15, 0.2) is 12.1 Å². The van der Waals surface area contributed by atoms with Gasteiger partial charge in [-0.2, -0.15) is 17.6 Å². The van der Waals surface area contributed by atoms with Crippen molar-refractivity contribution in [3.05, 3.63) is 38.7 Å². The van der Waals surface area contributed by atoms with Gasteiger partial charge in [0.1, 0.15) is 5.56 Å². The van der Waals surface area contributed by atoms with E-state index in [0.29, 0.717) is 12.1 Å². The van der Waals surface area contributed by atoms with E-state index in [0.717, 1.165) is 0 Å². The molecule has 0 heterocycles. The van der Waals surface area contributed by atoms with Crippen LogP contribution >= 0.6 is 11.6 Å². The number of nitrogens with zero attached hydrogens (tertiary/aromatic N) is 1. The first kappa shape index (κ1) is 11.7. The maximum Gasteiger partial charge on any atom is 0.420 e. The van der Waals surface area contributed by atoms with E-state index in [4.69, 9.17) is 11.6 Å². The third kappa shape index (κ3) is 2.17. The van der Waals surface area contributed by atoms with E-state index in [1.54, 1.807) is 0 Å². The van der Waals surface area contributed by atoms with E-state index in [1.165, 1.54) is 0 Å². The van der Waals surface area contributed by atoms with Crippen molar-refractivity contribution in [3.8, 4) is 0 Å². The van der Waals surface area contributed by atoms with Gasteiger partial charge >= 0.3 is 11.9 Å². The molecule has 0 saturated heterocycles. The SMILES string of the molecule is O=[N+]([O-])c1ccc(Cl)c(C(F)(F)F)c1F. The topological polar surface area (TPSA) is 43.1 Å². The summed E-state index contributed by atoms with van der Waals surface area (Å²) in [5, 5.41) is 9.26. The summed E-state index contributed by atoms with van der Waals surface area (Å²) in [6.07, 6.45) is -5.06. The highest BCUT2D eigenvalue weighted by molar-refractivity contribution is 6.31. The molecule has 0 aliphatic carbocycles. The second-order valence-corrected chi connectivity index (χ2v) is 2.92. The summed E-state index contributed by atoms with van der Waals surface area (Å²) >= 11 is 5.11. The van der Waals surface area contributed by atoms with Crippen LogP contribution in [-0.4, -0.2) is 4.92 Å². The van der Waals surface area contributed by atoms with Crippen LogP contribution in [0.5, 0.6) is 0 Å². The molecule has 0 spiro atoms. The monoisotopic (exact) mass is 243 g/mol. The summed E-state index contributed by atoms with van der Waals surface area (Å²) in [5.41, 5.74) is -3.08.